The molecule has 1 aromatic heterocycles. The summed E-state index contributed by atoms with van der Waals surface area (Å²) in [5.41, 5.74) is 10.0. The van der Waals surface area contributed by atoms with Crippen LogP contribution in [0.25, 0.3) is 10.6 Å². The summed E-state index contributed by atoms with van der Waals surface area (Å²) in [6, 6.07) is 18.6. The van der Waals surface area contributed by atoms with Gasteiger partial charge in [-0.3, -0.25) is 0 Å². The number of anilines is 2. The third-order valence-corrected chi connectivity index (χ3v) is 6.46. The molecule has 1 saturated heterocycles. The molecule has 1 aliphatic heterocycles. The number of para-hydroxylation sites is 1. The van der Waals surface area contributed by atoms with Crippen LogP contribution in [0.15, 0.2) is 54.6 Å². The first-order chi connectivity index (χ1) is 13.7. The average molecular weight is 394 g/mol. The van der Waals surface area contributed by atoms with E-state index in [4.69, 9.17) is 15.5 Å². The number of nitrogens with two attached hydrogens (primary N) is 1. The van der Waals surface area contributed by atoms with Crippen molar-refractivity contribution in [3.63, 3.8) is 0 Å². The number of hydrogen-bond donors (Lipinski definition) is 1. The molecule has 2 aromatic carbocycles. The van der Waals surface area contributed by atoms with Crippen LogP contribution in [0.5, 0.6) is 0 Å². The van der Waals surface area contributed by atoms with Crippen molar-refractivity contribution in [1.29, 1.82) is 0 Å². The lowest BCUT2D eigenvalue weighted by Gasteiger charge is -2.34. The Morgan fingerprint density at radius 3 is 2.71 bits per heavy atom. The Bertz CT molecular complexity index is 892. The third-order valence-electron chi connectivity index (χ3n) is 5.28. The molecule has 1 unspecified atom stereocenters. The smallest absolute Gasteiger partial charge is 0.123 e. The molecule has 3 aromatic rings. The molecule has 0 spiro atoms. The van der Waals surface area contributed by atoms with Gasteiger partial charge in [-0.25, -0.2) is 4.98 Å². The summed E-state index contributed by atoms with van der Waals surface area (Å²) >= 11 is 1.72. The summed E-state index contributed by atoms with van der Waals surface area (Å²) in [6.45, 7) is 5.72. The summed E-state index contributed by atoms with van der Waals surface area (Å²) in [5, 5.41) is 1.03. The van der Waals surface area contributed by atoms with Gasteiger partial charge in [-0.05, 0) is 62.1 Å². The quantitative estimate of drug-likeness (QED) is 0.590. The molecular formula is C23H27N3OS. The van der Waals surface area contributed by atoms with Gasteiger partial charge in [0.2, 0.25) is 0 Å². The summed E-state index contributed by atoms with van der Waals surface area (Å²) in [6.07, 6.45) is 2.46. The second-order valence-electron chi connectivity index (χ2n) is 7.45. The molecule has 0 amide bonds. The first-order valence-electron chi connectivity index (χ1n) is 9.89. The van der Waals surface area contributed by atoms with Crippen molar-refractivity contribution in [2.75, 3.05) is 30.3 Å². The zero-order chi connectivity index (χ0) is 19.3. The number of aryl methyl sites for hydroxylation is 1. The Hall–Kier alpha value is -2.37. The lowest BCUT2D eigenvalue weighted by Crippen LogP contribution is -2.37. The van der Waals surface area contributed by atoms with Crippen molar-refractivity contribution in [2.45, 2.75) is 26.4 Å². The molecule has 146 valence electrons. The van der Waals surface area contributed by atoms with Crippen molar-refractivity contribution in [3.8, 4) is 10.6 Å². The monoisotopic (exact) mass is 393 g/mol. The zero-order valence-corrected chi connectivity index (χ0v) is 17.1. The van der Waals surface area contributed by atoms with E-state index in [1.807, 2.05) is 24.3 Å². The molecule has 4 nitrogen and oxygen atoms in total. The van der Waals surface area contributed by atoms with Crippen LogP contribution in [0.1, 0.15) is 23.4 Å². The summed E-state index contributed by atoms with van der Waals surface area (Å²) < 4.78 is 6.12. The van der Waals surface area contributed by atoms with Gasteiger partial charge in [0, 0.05) is 30.0 Å². The van der Waals surface area contributed by atoms with Crippen molar-refractivity contribution < 1.29 is 4.74 Å². The standard InChI is InChI=1S/C23H27N3OS/c1-17-22(28-23(25-17)19-9-11-20(24)12-10-19)16-27-15-18-6-5-13-26(14-18)21-7-3-2-4-8-21/h2-4,7-12,18H,5-6,13-16,24H2,1H3. The van der Waals surface area contributed by atoms with Gasteiger partial charge in [-0.1, -0.05) is 18.2 Å². The molecule has 5 heteroatoms. The van der Waals surface area contributed by atoms with Crippen LogP contribution in [0.3, 0.4) is 0 Å². The van der Waals surface area contributed by atoms with Gasteiger partial charge in [0.25, 0.3) is 0 Å². The van der Waals surface area contributed by atoms with Crippen LogP contribution >= 0.6 is 11.3 Å². The minimum atomic E-state index is 0.582. The fourth-order valence-corrected chi connectivity index (χ4v) is 4.71. The Morgan fingerprint density at radius 2 is 1.93 bits per heavy atom. The minimum absolute atomic E-state index is 0.582. The molecule has 0 bridgehead atoms. The highest BCUT2D eigenvalue weighted by molar-refractivity contribution is 7.15. The van der Waals surface area contributed by atoms with E-state index < -0.39 is 0 Å². The summed E-state index contributed by atoms with van der Waals surface area (Å²) in [4.78, 5) is 8.41. The predicted molar refractivity (Wildman–Crippen MR) is 118 cm³/mol. The van der Waals surface area contributed by atoms with E-state index in [1.54, 1.807) is 11.3 Å². The largest absolute Gasteiger partial charge is 0.399 e. The number of thiazole rings is 1. The van der Waals surface area contributed by atoms with Crippen LogP contribution in [-0.4, -0.2) is 24.7 Å². The molecular weight excluding hydrogens is 366 g/mol. The zero-order valence-electron chi connectivity index (χ0n) is 16.3. The first-order valence-corrected chi connectivity index (χ1v) is 10.7. The van der Waals surface area contributed by atoms with Gasteiger partial charge in [-0.15, -0.1) is 11.3 Å². The van der Waals surface area contributed by atoms with E-state index >= 15 is 0 Å². The highest BCUT2D eigenvalue weighted by Gasteiger charge is 2.20. The highest BCUT2D eigenvalue weighted by Crippen LogP contribution is 2.29. The lowest BCUT2D eigenvalue weighted by molar-refractivity contribution is 0.0829. The number of nitrogen functional groups attached to an aromatic ring is 1. The lowest BCUT2D eigenvalue weighted by atomic mass is 9.98. The number of rotatable bonds is 6. The fourth-order valence-electron chi connectivity index (χ4n) is 3.70. The molecule has 4 rings (SSSR count). The van der Waals surface area contributed by atoms with E-state index in [0.717, 1.165) is 41.6 Å². The third kappa shape index (κ3) is 4.54. The Morgan fingerprint density at radius 1 is 1.14 bits per heavy atom. The number of ether oxygens (including phenoxy) is 1. The Balaban J connectivity index is 1.32. The van der Waals surface area contributed by atoms with Crippen LogP contribution in [0, 0.1) is 12.8 Å². The van der Waals surface area contributed by atoms with Gasteiger partial charge in [0.15, 0.2) is 0 Å². The van der Waals surface area contributed by atoms with Crippen LogP contribution in [0.4, 0.5) is 11.4 Å². The maximum absolute atomic E-state index is 6.12. The van der Waals surface area contributed by atoms with Gasteiger partial charge in [0.1, 0.15) is 5.01 Å². The predicted octanol–water partition coefficient (Wildman–Crippen LogP) is 5.13. The molecule has 0 radical (unpaired) electrons. The van der Waals surface area contributed by atoms with Crippen LogP contribution in [-0.2, 0) is 11.3 Å². The van der Waals surface area contributed by atoms with Crippen LogP contribution in [0.2, 0.25) is 0 Å². The van der Waals surface area contributed by atoms with Crippen molar-refractivity contribution in [1.82, 2.24) is 4.98 Å². The second-order valence-corrected chi connectivity index (χ2v) is 8.54. The SMILES string of the molecule is Cc1nc(-c2ccc(N)cc2)sc1COCC1CCCN(c2ccccc2)C1. The molecule has 28 heavy (non-hydrogen) atoms. The topological polar surface area (TPSA) is 51.4 Å². The number of nitrogens with zero attached hydrogens (tertiary/aromatic N) is 2. The number of hydrogen-bond acceptors (Lipinski definition) is 5. The van der Waals surface area contributed by atoms with Crippen molar-refractivity contribution in [3.05, 3.63) is 65.2 Å². The fraction of sp³-hybridized carbons (Fsp3) is 0.348. The minimum Gasteiger partial charge on any atom is -0.399 e. The molecule has 2 N–H and O–H groups in total. The summed E-state index contributed by atoms with van der Waals surface area (Å²) in [5.74, 6) is 0.582. The second kappa shape index (κ2) is 8.76. The van der Waals surface area contributed by atoms with Gasteiger partial charge < -0.3 is 15.4 Å². The van der Waals surface area contributed by atoms with E-state index in [1.165, 1.54) is 23.4 Å². The number of aromatic nitrogens is 1. The number of piperidine rings is 1. The maximum Gasteiger partial charge on any atom is 0.123 e. The van der Waals surface area contributed by atoms with E-state index in [9.17, 15) is 0 Å². The summed E-state index contributed by atoms with van der Waals surface area (Å²) in [7, 11) is 0. The maximum atomic E-state index is 6.12. The molecule has 1 fully saturated rings. The highest BCUT2D eigenvalue weighted by atomic mass is 32.1. The van der Waals surface area contributed by atoms with Gasteiger partial charge >= 0.3 is 0 Å². The van der Waals surface area contributed by atoms with Crippen LogP contribution < -0.4 is 10.6 Å². The van der Waals surface area contributed by atoms with Crippen molar-refractivity contribution >= 4 is 22.7 Å². The number of benzene rings is 2. The van der Waals surface area contributed by atoms with E-state index in [2.05, 4.69) is 42.2 Å². The molecule has 2 heterocycles. The molecule has 0 aliphatic carbocycles. The van der Waals surface area contributed by atoms with E-state index in [0.29, 0.717) is 12.5 Å². The normalized spacial score (nSPS) is 17.0. The molecule has 1 atom stereocenters. The average Bonchev–Trinajstić information content (AvgIpc) is 3.10. The van der Waals surface area contributed by atoms with Gasteiger partial charge in [0.05, 0.1) is 23.8 Å². The van der Waals surface area contributed by atoms with Gasteiger partial charge in [-0.2, -0.15) is 0 Å². The first kappa shape index (κ1) is 19.0. The molecule has 0 saturated carbocycles. The van der Waals surface area contributed by atoms with Crippen molar-refractivity contribution in [2.24, 2.45) is 5.92 Å². The Kier molecular flexibility index (Phi) is 5.93. The molecule has 1 aliphatic rings. The van der Waals surface area contributed by atoms with E-state index in [-0.39, 0.29) is 0 Å². The Labute approximate surface area is 171 Å².